The molecule has 0 saturated heterocycles. The van der Waals surface area contributed by atoms with Gasteiger partial charge in [-0.15, -0.1) is 6.58 Å². The third kappa shape index (κ3) is 3.57. The number of nitrogens with one attached hydrogen (secondary N) is 1. The molecule has 7 heteroatoms. The lowest BCUT2D eigenvalue weighted by Gasteiger charge is -2.05. The smallest absolute Gasteiger partial charge is 0.216 e. The van der Waals surface area contributed by atoms with Crippen molar-refractivity contribution in [3.05, 3.63) is 71.0 Å². The first-order valence-corrected chi connectivity index (χ1v) is 8.33. The van der Waals surface area contributed by atoms with Crippen LogP contribution in [0.1, 0.15) is 11.1 Å². The molecule has 0 aliphatic heterocycles. The Balaban J connectivity index is 1.97. The lowest BCUT2D eigenvalue weighted by atomic mass is 10.1. The van der Waals surface area contributed by atoms with Crippen molar-refractivity contribution in [3.63, 3.8) is 0 Å². The number of methoxy groups -OCH3 is 1. The molecule has 1 aromatic heterocycles. The van der Waals surface area contributed by atoms with Gasteiger partial charge in [0.15, 0.2) is 5.82 Å². The number of para-hydroxylation sites is 1. The number of hydrogen-bond acceptors (Lipinski definition) is 5. The Morgan fingerprint density at radius 3 is 2.77 bits per heavy atom. The van der Waals surface area contributed by atoms with Gasteiger partial charge in [-0.05, 0) is 54.5 Å². The van der Waals surface area contributed by atoms with Gasteiger partial charge in [0.2, 0.25) is 4.77 Å². The number of aromatic amines is 1. The molecule has 0 fully saturated rings. The van der Waals surface area contributed by atoms with Gasteiger partial charge < -0.3 is 9.84 Å². The van der Waals surface area contributed by atoms with Crippen LogP contribution in [-0.2, 0) is 6.42 Å². The zero-order valence-electron chi connectivity index (χ0n) is 14.2. The first kappa shape index (κ1) is 17.6. The molecule has 0 aliphatic carbocycles. The van der Waals surface area contributed by atoms with E-state index in [2.05, 4.69) is 21.9 Å². The van der Waals surface area contributed by atoms with Crippen molar-refractivity contribution in [2.24, 2.45) is 5.10 Å². The molecule has 3 aromatic rings. The fourth-order valence-electron chi connectivity index (χ4n) is 2.48. The Kier molecular flexibility index (Phi) is 5.28. The Morgan fingerprint density at radius 2 is 2.08 bits per heavy atom. The zero-order valence-corrected chi connectivity index (χ0v) is 15.0. The number of aromatic hydroxyl groups is 1. The van der Waals surface area contributed by atoms with Crippen molar-refractivity contribution >= 4 is 18.4 Å². The number of aromatic nitrogens is 3. The van der Waals surface area contributed by atoms with Crippen molar-refractivity contribution in [2.75, 3.05) is 7.11 Å². The number of benzene rings is 2. The summed E-state index contributed by atoms with van der Waals surface area (Å²) in [5, 5.41) is 21.7. The van der Waals surface area contributed by atoms with E-state index >= 15 is 0 Å². The topological polar surface area (TPSA) is 75.4 Å². The Hall–Kier alpha value is -3.19. The van der Waals surface area contributed by atoms with Crippen molar-refractivity contribution in [2.45, 2.75) is 6.42 Å². The predicted molar refractivity (Wildman–Crippen MR) is 104 cm³/mol. The van der Waals surface area contributed by atoms with Crippen LogP contribution in [0.4, 0.5) is 0 Å². The molecule has 0 amide bonds. The van der Waals surface area contributed by atoms with Gasteiger partial charge in [0, 0.05) is 11.1 Å². The Bertz CT molecular complexity index is 1000. The van der Waals surface area contributed by atoms with E-state index in [1.165, 1.54) is 4.68 Å². The summed E-state index contributed by atoms with van der Waals surface area (Å²) in [6.07, 6.45) is 3.87. The maximum absolute atomic E-state index is 10.4. The van der Waals surface area contributed by atoms with Gasteiger partial charge in [0.1, 0.15) is 11.5 Å². The van der Waals surface area contributed by atoms with Crippen molar-refractivity contribution in [1.82, 2.24) is 14.9 Å². The van der Waals surface area contributed by atoms with Crippen LogP contribution in [0.15, 0.2) is 60.2 Å². The fraction of sp³-hybridized carbons (Fsp3) is 0.105. The Morgan fingerprint density at radius 1 is 1.31 bits per heavy atom. The standard InChI is InChI=1S/C19H18N4O2S/c1-3-5-13-6-4-7-15(17(13)24)12-20-23-18(21-22-19(23)26)14-8-10-16(25-2)11-9-14/h3-4,6-12,24H,1,5H2,2H3,(H,22,26)/b20-12+. The molecule has 1 heterocycles. The average Bonchev–Trinajstić information content (AvgIpc) is 3.03. The van der Waals surface area contributed by atoms with E-state index in [0.717, 1.165) is 16.9 Å². The highest BCUT2D eigenvalue weighted by molar-refractivity contribution is 7.71. The van der Waals surface area contributed by atoms with E-state index in [1.54, 1.807) is 25.5 Å². The number of rotatable bonds is 6. The lowest BCUT2D eigenvalue weighted by molar-refractivity contribution is 0.415. The molecule has 0 saturated carbocycles. The quantitative estimate of drug-likeness (QED) is 0.394. The predicted octanol–water partition coefficient (Wildman–Crippen LogP) is 3.93. The SMILES string of the molecule is C=CCc1cccc(/C=N/n2c(-c3ccc(OC)cc3)n[nH]c2=S)c1O. The molecule has 26 heavy (non-hydrogen) atoms. The number of ether oxygens (including phenoxy) is 1. The van der Waals surface area contributed by atoms with Crippen LogP contribution in [0.5, 0.6) is 11.5 Å². The highest BCUT2D eigenvalue weighted by Crippen LogP contribution is 2.23. The summed E-state index contributed by atoms with van der Waals surface area (Å²) in [5.74, 6) is 1.50. The molecule has 0 aliphatic rings. The summed E-state index contributed by atoms with van der Waals surface area (Å²) < 4.78 is 7.04. The number of hydrogen-bond donors (Lipinski definition) is 2. The second-order valence-corrected chi connectivity index (χ2v) is 5.87. The molecule has 2 N–H and O–H groups in total. The maximum atomic E-state index is 10.4. The number of allylic oxidation sites excluding steroid dienone is 1. The minimum Gasteiger partial charge on any atom is -0.507 e. The normalized spacial score (nSPS) is 11.0. The van der Waals surface area contributed by atoms with Gasteiger partial charge in [0.25, 0.3) is 0 Å². The van der Waals surface area contributed by atoms with Crippen LogP contribution in [0, 0.1) is 4.77 Å². The van der Waals surface area contributed by atoms with Crippen molar-refractivity contribution in [3.8, 4) is 22.9 Å². The Labute approximate surface area is 156 Å². The average molecular weight is 366 g/mol. The van der Waals surface area contributed by atoms with Gasteiger partial charge in [-0.1, -0.05) is 18.2 Å². The maximum Gasteiger partial charge on any atom is 0.216 e. The van der Waals surface area contributed by atoms with E-state index in [9.17, 15) is 5.11 Å². The minimum absolute atomic E-state index is 0.178. The van der Waals surface area contributed by atoms with E-state index in [0.29, 0.717) is 22.6 Å². The van der Waals surface area contributed by atoms with Gasteiger partial charge in [-0.3, -0.25) is 0 Å². The number of phenols is 1. The molecule has 132 valence electrons. The van der Waals surface area contributed by atoms with Gasteiger partial charge in [0.05, 0.1) is 13.3 Å². The molecule has 0 radical (unpaired) electrons. The van der Waals surface area contributed by atoms with Crippen molar-refractivity contribution in [1.29, 1.82) is 0 Å². The van der Waals surface area contributed by atoms with Gasteiger partial charge >= 0.3 is 0 Å². The monoisotopic (exact) mass is 366 g/mol. The van der Waals surface area contributed by atoms with Crippen LogP contribution in [-0.4, -0.2) is 33.3 Å². The van der Waals surface area contributed by atoms with Crippen LogP contribution in [0.2, 0.25) is 0 Å². The number of nitrogens with zero attached hydrogens (tertiary/aromatic N) is 3. The van der Waals surface area contributed by atoms with E-state index in [1.807, 2.05) is 36.4 Å². The fourth-order valence-corrected chi connectivity index (χ4v) is 2.66. The number of H-pyrrole nitrogens is 1. The molecule has 0 spiro atoms. The summed E-state index contributed by atoms with van der Waals surface area (Å²) in [7, 11) is 1.61. The number of phenolic OH excluding ortho intramolecular Hbond substituents is 1. The van der Waals surface area contributed by atoms with Gasteiger partial charge in [-0.25, -0.2) is 5.10 Å². The second-order valence-electron chi connectivity index (χ2n) is 5.49. The van der Waals surface area contributed by atoms with Crippen LogP contribution >= 0.6 is 12.2 Å². The minimum atomic E-state index is 0.178. The molecule has 0 unspecified atom stereocenters. The largest absolute Gasteiger partial charge is 0.507 e. The van der Waals surface area contributed by atoms with E-state index in [4.69, 9.17) is 17.0 Å². The van der Waals surface area contributed by atoms with Crippen LogP contribution < -0.4 is 4.74 Å². The molecular weight excluding hydrogens is 348 g/mol. The first-order valence-electron chi connectivity index (χ1n) is 7.92. The summed E-state index contributed by atoms with van der Waals surface area (Å²) in [4.78, 5) is 0. The highest BCUT2D eigenvalue weighted by Gasteiger charge is 2.09. The highest BCUT2D eigenvalue weighted by atomic mass is 32.1. The first-order chi connectivity index (χ1) is 12.6. The molecule has 6 nitrogen and oxygen atoms in total. The third-order valence-corrected chi connectivity index (χ3v) is 4.09. The van der Waals surface area contributed by atoms with E-state index in [-0.39, 0.29) is 5.75 Å². The molecule has 0 atom stereocenters. The third-order valence-electron chi connectivity index (χ3n) is 3.83. The molecule has 0 bridgehead atoms. The second kappa shape index (κ2) is 7.79. The summed E-state index contributed by atoms with van der Waals surface area (Å²) in [6.45, 7) is 3.70. The summed E-state index contributed by atoms with van der Waals surface area (Å²) in [6, 6.07) is 12.9. The summed E-state index contributed by atoms with van der Waals surface area (Å²) >= 11 is 5.27. The van der Waals surface area contributed by atoms with Crippen molar-refractivity contribution < 1.29 is 9.84 Å². The molecule has 2 aromatic carbocycles. The molecular formula is C19H18N4O2S. The van der Waals surface area contributed by atoms with Gasteiger partial charge in [-0.2, -0.15) is 14.9 Å². The molecule has 3 rings (SSSR count). The summed E-state index contributed by atoms with van der Waals surface area (Å²) in [5.41, 5.74) is 2.21. The van der Waals surface area contributed by atoms with Crippen LogP contribution in [0.25, 0.3) is 11.4 Å². The zero-order chi connectivity index (χ0) is 18.5. The van der Waals surface area contributed by atoms with Crippen LogP contribution in [0.3, 0.4) is 0 Å². The van der Waals surface area contributed by atoms with E-state index < -0.39 is 0 Å². The lowest BCUT2D eigenvalue weighted by Crippen LogP contribution is -1.96.